The van der Waals surface area contributed by atoms with Crippen LogP contribution in [0.4, 0.5) is 0 Å². The molecule has 2 aliphatic heterocycles. The second-order valence-corrected chi connectivity index (χ2v) is 10.4. The first-order chi connectivity index (χ1) is 14.1. The smallest absolute Gasteiger partial charge is 0.227 e. The van der Waals surface area contributed by atoms with E-state index in [0.717, 1.165) is 37.8 Å². The Hall–Kier alpha value is -1.30. The number of piperidine rings is 1. The van der Waals surface area contributed by atoms with Crippen LogP contribution in [0.3, 0.4) is 0 Å². The number of hydrogen-bond acceptors (Lipinski definition) is 3. The third-order valence-corrected chi connectivity index (χ3v) is 6.82. The molecule has 7 heteroatoms. The van der Waals surface area contributed by atoms with Crippen molar-refractivity contribution in [1.29, 1.82) is 0 Å². The molecular formula is C23H32Cl2N2O3. The molecule has 1 unspecified atom stereocenters. The molecule has 2 saturated heterocycles. The highest BCUT2D eigenvalue weighted by Gasteiger charge is 2.38. The molecule has 1 N–H and O–H groups in total. The fraction of sp³-hybridized carbons (Fsp3) is 0.652. The molecule has 0 spiro atoms. The number of carbonyl (C=O) groups is 2. The number of nitrogens with zero attached hydrogens (tertiary/aromatic N) is 1. The van der Waals surface area contributed by atoms with Crippen LogP contribution < -0.4 is 5.32 Å². The minimum atomic E-state index is -0.435. The second kappa shape index (κ2) is 9.46. The average molecular weight is 455 g/mol. The lowest BCUT2D eigenvalue weighted by molar-refractivity contribution is -0.142. The van der Waals surface area contributed by atoms with Crippen molar-refractivity contribution in [3.63, 3.8) is 0 Å². The second-order valence-electron chi connectivity index (χ2n) is 9.57. The molecule has 30 heavy (non-hydrogen) atoms. The molecule has 2 fully saturated rings. The van der Waals surface area contributed by atoms with Gasteiger partial charge in [-0.3, -0.25) is 9.59 Å². The van der Waals surface area contributed by atoms with Gasteiger partial charge in [0, 0.05) is 53.7 Å². The Morgan fingerprint density at radius 3 is 2.57 bits per heavy atom. The van der Waals surface area contributed by atoms with Gasteiger partial charge in [0.15, 0.2) is 0 Å². The first-order valence-electron chi connectivity index (χ1n) is 10.7. The zero-order valence-electron chi connectivity index (χ0n) is 18.1. The number of rotatable bonds is 4. The predicted molar refractivity (Wildman–Crippen MR) is 120 cm³/mol. The SMILES string of the molecule is CC(C)(C)C(=O)N1CCCC(C(=O)NCC2(c3ccc(Cl)cc3Cl)CCOCC2)C1. The first kappa shape index (κ1) is 23.4. The van der Waals surface area contributed by atoms with Gasteiger partial charge in [-0.1, -0.05) is 50.0 Å². The van der Waals surface area contributed by atoms with Gasteiger partial charge < -0.3 is 15.0 Å². The molecule has 0 aromatic heterocycles. The van der Waals surface area contributed by atoms with Crippen molar-refractivity contribution in [2.24, 2.45) is 11.3 Å². The molecular weight excluding hydrogens is 423 g/mol. The molecule has 0 radical (unpaired) electrons. The van der Waals surface area contributed by atoms with E-state index in [9.17, 15) is 9.59 Å². The highest BCUT2D eigenvalue weighted by Crippen LogP contribution is 2.39. The summed E-state index contributed by atoms with van der Waals surface area (Å²) in [7, 11) is 0. The van der Waals surface area contributed by atoms with E-state index in [4.69, 9.17) is 27.9 Å². The Morgan fingerprint density at radius 2 is 1.93 bits per heavy atom. The minimum Gasteiger partial charge on any atom is -0.381 e. The van der Waals surface area contributed by atoms with E-state index in [-0.39, 0.29) is 23.1 Å². The Balaban J connectivity index is 1.70. The molecule has 166 valence electrons. The lowest BCUT2D eigenvalue weighted by Crippen LogP contribution is -2.51. The zero-order chi connectivity index (χ0) is 21.9. The van der Waals surface area contributed by atoms with Crippen LogP contribution in [0.2, 0.25) is 10.0 Å². The maximum atomic E-state index is 13.0. The third-order valence-electron chi connectivity index (χ3n) is 6.27. The van der Waals surface area contributed by atoms with Gasteiger partial charge >= 0.3 is 0 Å². The van der Waals surface area contributed by atoms with Crippen LogP contribution in [0.25, 0.3) is 0 Å². The number of carbonyl (C=O) groups excluding carboxylic acids is 2. The topological polar surface area (TPSA) is 58.6 Å². The molecule has 0 saturated carbocycles. The summed E-state index contributed by atoms with van der Waals surface area (Å²) in [6.45, 7) is 8.73. The number of nitrogens with one attached hydrogen (secondary N) is 1. The summed E-state index contributed by atoms with van der Waals surface area (Å²) in [6, 6.07) is 5.57. The fourth-order valence-corrected chi connectivity index (χ4v) is 5.08. The Morgan fingerprint density at radius 1 is 1.23 bits per heavy atom. The fourth-order valence-electron chi connectivity index (χ4n) is 4.47. The van der Waals surface area contributed by atoms with E-state index in [1.54, 1.807) is 6.07 Å². The van der Waals surface area contributed by atoms with Crippen molar-refractivity contribution in [2.45, 2.75) is 51.9 Å². The van der Waals surface area contributed by atoms with E-state index in [1.807, 2.05) is 37.8 Å². The van der Waals surface area contributed by atoms with Crippen LogP contribution >= 0.6 is 23.2 Å². The average Bonchev–Trinajstić information content (AvgIpc) is 2.71. The molecule has 1 aromatic carbocycles. The minimum absolute atomic E-state index is 0.0114. The maximum Gasteiger partial charge on any atom is 0.227 e. The summed E-state index contributed by atoms with van der Waals surface area (Å²) < 4.78 is 5.58. The molecule has 0 bridgehead atoms. The van der Waals surface area contributed by atoms with Gasteiger partial charge in [0.25, 0.3) is 0 Å². The van der Waals surface area contributed by atoms with E-state index < -0.39 is 5.41 Å². The molecule has 2 heterocycles. The van der Waals surface area contributed by atoms with Crippen LogP contribution in [0.15, 0.2) is 18.2 Å². The van der Waals surface area contributed by atoms with Gasteiger partial charge in [-0.15, -0.1) is 0 Å². The summed E-state index contributed by atoms with van der Waals surface area (Å²) in [5.41, 5.74) is 0.298. The predicted octanol–water partition coefficient (Wildman–Crippen LogP) is 4.44. The van der Waals surface area contributed by atoms with Crippen molar-refractivity contribution in [1.82, 2.24) is 10.2 Å². The summed E-state index contributed by atoms with van der Waals surface area (Å²) in [4.78, 5) is 27.5. The standard InChI is InChI=1S/C23H32Cl2N2O3/c1-22(2,3)21(29)27-10-4-5-16(14-27)20(28)26-15-23(8-11-30-12-9-23)18-7-6-17(24)13-19(18)25/h6-7,13,16H,4-5,8-12,14-15H2,1-3H3,(H,26,28). The van der Waals surface area contributed by atoms with Gasteiger partial charge in [0.05, 0.1) is 5.92 Å². The van der Waals surface area contributed by atoms with Crippen LogP contribution in [-0.4, -0.2) is 49.6 Å². The normalized spacial score (nSPS) is 21.9. The largest absolute Gasteiger partial charge is 0.381 e. The van der Waals surface area contributed by atoms with Crippen LogP contribution in [0, 0.1) is 11.3 Å². The Labute approximate surface area is 189 Å². The Kier molecular flexibility index (Phi) is 7.36. The Bertz CT molecular complexity index is 785. The lowest BCUT2D eigenvalue weighted by atomic mass is 9.74. The van der Waals surface area contributed by atoms with E-state index in [2.05, 4.69) is 5.32 Å². The molecule has 2 amide bonds. The van der Waals surface area contributed by atoms with Gasteiger partial charge in [-0.2, -0.15) is 0 Å². The molecule has 0 aliphatic carbocycles. The number of hydrogen-bond donors (Lipinski definition) is 1. The summed E-state index contributed by atoms with van der Waals surface area (Å²) in [5, 5.41) is 4.40. The highest BCUT2D eigenvalue weighted by molar-refractivity contribution is 6.35. The number of benzene rings is 1. The van der Waals surface area contributed by atoms with Crippen molar-refractivity contribution < 1.29 is 14.3 Å². The van der Waals surface area contributed by atoms with E-state index in [1.165, 1.54) is 0 Å². The quantitative estimate of drug-likeness (QED) is 0.730. The van der Waals surface area contributed by atoms with Crippen molar-refractivity contribution in [2.75, 3.05) is 32.8 Å². The molecule has 2 aliphatic rings. The molecule has 1 aromatic rings. The van der Waals surface area contributed by atoms with E-state index in [0.29, 0.717) is 36.3 Å². The number of likely N-dealkylation sites (tertiary alicyclic amines) is 1. The summed E-state index contributed by atoms with van der Waals surface area (Å²) in [6.07, 6.45) is 3.22. The number of amides is 2. The number of ether oxygens (including phenoxy) is 1. The van der Waals surface area contributed by atoms with Crippen molar-refractivity contribution in [3.8, 4) is 0 Å². The molecule has 5 nitrogen and oxygen atoms in total. The number of halogens is 2. The third kappa shape index (κ3) is 5.30. The van der Waals surface area contributed by atoms with Crippen LogP contribution in [-0.2, 0) is 19.7 Å². The van der Waals surface area contributed by atoms with E-state index >= 15 is 0 Å². The van der Waals surface area contributed by atoms with Gasteiger partial charge in [-0.05, 0) is 43.4 Å². The van der Waals surface area contributed by atoms with Crippen LogP contribution in [0.5, 0.6) is 0 Å². The van der Waals surface area contributed by atoms with Crippen LogP contribution in [0.1, 0.15) is 52.0 Å². The lowest BCUT2D eigenvalue weighted by Gasteiger charge is -2.40. The van der Waals surface area contributed by atoms with Gasteiger partial charge in [-0.25, -0.2) is 0 Å². The molecule has 3 rings (SSSR count). The molecule has 1 atom stereocenters. The van der Waals surface area contributed by atoms with Gasteiger partial charge in [0.1, 0.15) is 0 Å². The zero-order valence-corrected chi connectivity index (χ0v) is 19.6. The summed E-state index contributed by atoms with van der Waals surface area (Å²) >= 11 is 12.6. The maximum absolute atomic E-state index is 13.0. The van der Waals surface area contributed by atoms with Crippen molar-refractivity contribution in [3.05, 3.63) is 33.8 Å². The highest BCUT2D eigenvalue weighted by atomic mass is 35.5. The van der Waals surface area contributed by atoms with Crippen molar-refractivity contribution >= 4 is 35.0 Å². The monoisotopic (exact) mass is 454 g/mol. The van der Waals surface area contributed by atoms with Gasteiger partial charge in [0.2, 0.25) is 11.8 Å². The first-order valence-corrected chi connectivity index (χ1v) is 11.5. The summed E-state index contributed by atoms with van der Waals surface area (Å²) in [5.74, 6) is -0.0613.